The van der Waals surface area contributed by atoms with Crippen molar-refractivity contribution >= 4 is 11.7 Å². The Labute approximate surface area is 142 Å². The highest BCUT2D eigenvalue weighted by molar-refractivity contribution is 5.90. The number of carbonyl (C=O) groups excluding carboxylic acids is 1. The Bertz CT molecular complexity index is 696. The van der Waals surface area contributed by atoms with Crippen molar-refractivity contribution in [3.05, 3.63) is 36.7 Å². The first kappa shape index (κ1) is 16.5. The molecule has 0 spiro atoms. The van der Waals surface area contributed by atoms with Gasteiger partial charge in [-0.05, 0) is 31.9 Å². The average Bonchev–Trinajstić information content (AvgIpc) is 3.02. The third-order valence-electron chi connectivity index (χ3n) is 4.26. The van der Waals surface area contributed by atoms with Crippen molar-refractivity contribution in [2.45, 2.75) is 25.9 Å². The van der Waals surface area contributed by atoms with Crippen LogP contribution in [0, 0.1) is 0 Å². The summed E-state index contributed by atoms with van der Waals surface area (Å²) in [6.07, 6.45) is 5.82. The van der Waals surface area contributed by atoms with Crippen molar-refractivity contribution in [3.63, 3.8) is 0 Å². The van der Waals surface area contributed by atoms with Gasteiger partial charge in [0.1, 0.15) is 5.82 Å². The van der Waals surface area contributed by atoms with Crippen LogP contribution in [0.25, 0.3) is 11.4 Å². The molecule has 1 aromatic carbocycles. The quantitative estimate of drug-likeness (QED) is 0.938. The van der Waals surface area contributed by atoms with Gasteiger partial charge in [-0.1, -0.05) is 12.1 Å². The van der Waals surface area contributed by atoms with Gasteiger partial charge in [0.15, 0.2) is 0 Å². The maximum atomic E-state index is 12.5. The van der Waals surface area contributed by atoms with Crippen LogP contribution < -0.4 is 5.32 Å². The topological polar surface area (TPSA) is 59.4 Å². The van der Waals surface area contributed by atoms with E-state index in [4.69, 9.17) is 4.74 Å². The van der Waals surface area contributed by atoms with Gasteiger partial charge in [0.2, 0.25) is 0 Å². The summed E-state index contributed by atoms with van der Waals surface area (Å²) in [7, 11) is 1.95. The summed E-state index contributed by atoms with van der Waals surface area (Å²) >= 11 is 0. The SMILES string of the molecule is CCOC1CCCN(C(=O)Nc2cccc(-c3nccn3C)c2)C1. The number of aromatic nitrogens is 2. The fourth-order valence-electron chi connectivity index (χ4n) is 3.08. The Hall–Kier alpha value is -2.34. The maximum Gasteiger partial charge on any atom is 0.321 e. The first-order valence-corrected chi connectivity index (χ1v) is 8.42. The smallest absolute Gasteiger partial charge is 0.321 e. The zero-order valence-corrected chi connectivity index (χ0v) is 14.2. The van der Waals surface area contributed by atoms with Crippen molar-refractivity contribution < 1.29 is 9.53 Å². The van der Waals surface area contributed by atoms with Crippen LogP contribution in [0.15, 0.2) is 36.7 Å². The number of ether oxygens (including phenoxy) is 1. The summed E-state index contributed by atoms with van der Waals surface area (Å²) in [6.45, 7) is 4.10. The minimum atomic E-state index is -0.0728. The molecule has 1 aliphatic heterocycles. The number of benzene rings is 1. The molecule has 0 saturated carbocycles. The van der Waals surface area contributed by atoms with Crippen molar-refractivity contribution in [1.82, 2.24) is 14.5 Å². The number of likely N-dealkylation sites (tertiary alicyclic amines) is 1. The molecular weight excluding hydrogens is 304 g/mol. The molecule has 1 aliphatic rings. The molecule has 1 saturated heterocycles. The number of nitrogens with one attached hydrogen (secondary N) is 1. The number of amides is 2. The summed E-state index contributed by atoms with van der Waals surface area (Å²) in [5, 5.41) is 2.99. The van der Waals surface area contributed by atoms with E-state index in [1.54, 1.807) is 6.20 Å². The van der Waals surface area contributed by atoms with Crippen LogP contribution in [0.5, 0.6) is 0 Å². The van der Waals surface area contributed by atoms with Gasteiger partial charge in [0.25, 0.3) is 0 Å². The van der Waals surface area contributed by atoms with Crippen molar-refractivity contribution in [2.24, 2.45) is 7.05 Å². The molecule has 1 atom stereocenters. The molecule has 0 aliphatic carbocycles. The van der Waals surface area contributed by atoms with E-state index < -0.39 is 0 Å². The zero-order chi connectivity index (χ0) is 16.9. The fraction of sp³-hybridized carbons (Fsp3) is 0.444. The number of imidazole rings is 1. The van der Waals surface area contributed by atoms with Gasteiger partial charge in [-0.3, -0.25) is 0 Å². The van der Waals surface area contributed by atoms with Crippen molar-refractivity contribution in [2.75, 3.05) is 25.0 Å². The summed E-state index contributed by atoms with van der Waals surface area (Å²) in [6, 6.07) is 7.69. The van der Waals surface area contributed by atoms with E-state index in [0.717, 1.165) is 36.5 Å². The summed E-state index contributed by atoms with van der Waals surface area (Å²) in [5.41, 5.74) is 1.75. The lowest BCUT2D eigenvalue weighted by Gasteiger charge is -2.32. The number of rotatable bonds is 4. The Balaban J connectivity index is 1.67. The monoisotopic (exact) mass is 328 g/mol. The molecule has 2 aromatic rings. The van der Waals surface area contributed by atoms with Gasteiger partial charge in [-0.25, -0.2) is 9.78 Å². The van der Waals surface area contributed by atoms with Crippen LogP contribution in [0.1, 0.15) is 19.8 Å². The van der Waals surface area contributed by atoms with Crippen LogP contribution in [-0.4, -0.2) is 46.3 Å². The van der Waals surface area contributed by atoms with Crippen LogP contribution >= 0.6 is 0 Å². The second-order valence-electron chi connectivity index (χ2n) is 6.04. The summed E-state index contributed by atoms with van der Waals surface area (Å²) < 4.78 is 7.62. The summed E-state index contributed by atoms with van der Waals surface area (Å²) in [5.74, 6) is 0.875. The molecule has 2 heterocycles. The van der Waals surface area contributed by atoms with Gasteiger partial charge in [0.05, 0.1) is 6.10 Å². The van der Waals surface area contributed by atoms with Gasteiger partial charge in [-0.2, -0.15) is 0 Å². The third-order valence-corrected chi connectivity index (χ3v) is 4.26. The van der Waals surface area contributed by atoms with E-state index in [0.29, 0.717) is 13.2 Å². The lowest BCUT2D eigenvalue weighted by Crippen LogP contribution is -2.45. The Morgan fingerprint density at radius 3 is 3.08 bits per heavy atom. The molecule has 1 N–H and O–H groups in total. The Kier molecular flexibility index (Phi) is 5.15. The van der Waals surface area contributed by atoms with E-state index in [2.05, 4.69) is 10.3 Å². The first-order valence-electron chi connectivity index (χ1n) is 8.42. The number of carbonyl (C=O) groups is 1. The molecule has 1 aromatic heterocycles. The maximum absolute atomic E-state index is 12.5. The van der Waals surface area contributed by atoms with E-state index in [9.17, 15) is 4.79 Å². The second kappa shape index (κ2) is 7.49. The molecule has 128 valence electrons. The number of anilines is 1. The van der Waals surface area contributed by atoms with Crippen LogP contribution in [0.2, 0.25) is 0 Å². The Morgan fingerprint density at radius 2 is 2.33 bits per heavy atom. The van der Waals surface area contributed by atoms with E-state index in [-0.39, 0.29) is 12.1 Å². The lowest BCUT2D eigenvalue weighted by atomic mass is 10.1. The summed E-state index contributed by atoms with van der Waals surface area (Å²) in [4.78, 5) is 18.7. The normalized spacial score (nSPS) is 17.8. The van der Waals surface area contributed by atoms with Crippen molar-refractivity contribution in [3.8, 4) is 11.4 Å². The molecule has 6 nitrogen and oxygen atoms in total. The predicted molar refractivity (Wildman–Crippen MR) is 93.9 cm³/mol. The highest BCUT2D eigenvalue weighted by atomic mass is 16.5. The molecule has 1 fully saturated rings. The largest absolute Gasteiger partial charge is 0.377 e. The zero-order valence-electron chi connectivity index (χ0n) is 14.2. The van der Waals surface area contributed by atoms with E-state index in [1.807, 2.05) is 53.9 Å². The number of aryl methyl sites for hydroxylation is 1. The molecule has 6 heteroatoms. The van der Waals surface area contributed by atoms with Crippen LogP contribution in [-0.2, 0) is 11.8 Å². The molecule has 1 unspecified atom stereocenters. The first-order chi connectivity index (χ1) is 11.7. The molecule has 2 amide bonds. The molecule has 24 heavy (non-hydrogen) atoms. The van der Waals surface area contributed by atoms with Crippen LogP contribution in [0.3, 0.4) is 0 Å². The predicted octanol–water partition coefficient (Wildman–Crippen LogP) is 3.12. The van der Waals surface area contributed by atoms with Crippen molar-refractivity contribution in [1.29, 1.82) is 0 Å². The molecule has 0 radical (unpaired) electrons. The van der Waals surface area contributed by atoms with E-state index in [1.165, 1.54) is 0 Å². The average molecular weight is 328 g/mol. The number of hydrogen-bond acceptors (Lipinski definition) is 3. The highest BCUT2D eigenvalue weighted by Gasteiger charge is 2.23. The highest BCUT2D eigenvalue weighted by Crippen LogP contribution is 2.21. The molecule has 3 rings (SSSR count). The van der Waals surface area contributed by atoms with E-state index >= 15 is 0 Å². The fourth-order valence-corrected chi connectivity index (χ4v) is 3.08. The number of piperidine rings is 1. The third kappa shape index (κ3) is 3.76. The van der Waals surface area contributed by atoms with Gasteiger partial charge < -0.3 is 19.5 Å². The van der Waals surface area contributed by atoms with Gasteiger partial charge in [-0.15, -0.1) is 0 Å². The van der Waals surface area contributed by atoms with Crippen LogP contribution in [0.4, 0.5) is 10.5 Å². The minimum Gasteiger partial charge on any atom is -0.377 e. The molecule has 0 bridgehead atoms. The lowest BCUT2D eigenvalue weighted by molar-refractivity contribution is 0.0181. The Morgan fingerprint density at radius 1 is 1.46 bits per heavy atom. The van der Waals surface area contributed by atoms with Gasteiger partial charge in [0, 0.05) is 50.4 Å². The molecular formula is C18H24N4O2. The second-order valence-corrected chi connectivity index (χ2v) is 6.04. The standard InChI is InChI=1S/C18H24N4O2/c1-3-24-16-8-5-10-22(13-16)18(23)20-15-7-4-6-14(12-15)17-19-9-11-21(17)2/h4,6-7,9,11-12,16H,3,5,8,10,13H2,1-2H3,(H,20,23). The van der Waals surface area contributed by atoms with Gasteiger partial charge >= 0.3 is 6.03 Å². The number of urea groups is 1. The number of nitrogens with zero attached hydrogens (tertiary/aromatic N) is 3. The minimum absolute atomic E-state index is 0.0728. The number of hydrogen-bond donors (Lipinski definition) is 1.